The Morgan fingerprint density at radius 2 is 1.66 bits per heavy atom. The Hall–Kier alpha value is -2.01. The zero-order chi connectivity index (χ0) is 20.2. The van der Waals surface area contributed by atoms with Crippen molar-refractivity contribution in [3.8, 4) is 5.75 Å². The molecular formula is C24H35N3O2. The lowest BCUT2D eigenvalue weighted by Gasteiger charge is -2.34. The van der Waals surface area contributed by atoms with Crippen LogP contribution in [0.15, 0.2) is 30.3 Å². The smallest absolute Gasteiger partial charge is 0.320 e. The molecule has 4 rings (SSSR count). The van der Waals surface area contributed by atoms with Crippen LogP contribution in [-0.4, -0.2) is 72.1 Å². The number of ether oxygens (including phenoxy) is 1. The second kappa shape index (κ2) is 9.21. The third-order valence-electron chi connectivity index (χ3n) is 6.59. The molecule has 2 saturated heterocycles. The van der Waals surface area contributed by atoms with Crippen molar-refractivity contribution in [1.29, 1.82) is 0 Å². The highest BCUT2D eigenvalue weighted by Gasteiger charge is 2.25. The predicted octanol–water partition coefficient (Wildman–Crippen LogP) is 4.24. The fraction of sp³-hybridized carbons (Fsp3) is 0.625. The van der Waals surface area contributed by atoms with Crippen LogP contribution in [0, 0.1) is 0 Å². The number of piperidine rings is 1. The van der Waals surface area contributed by atoms with Gasteiger partial charge in [0.1, 0.15) is 11.9 Å². The molecule has 0 aromatic heterocycles. The average Bonchev–Trinajstić information content (AvgIpc) is 3.29. The van der Waals surface area contributed by atoms with Crippen molar-refractivity contribution in [3.05, 3.63) is 35.9 Å². The maximum atomic E-state index is 12.5. The molecule has 29 heavy (non-hydrogen) atoms. The van der Waals surface area contributed by atoms with Gasteiger partial charge in [-0.1, -0.05) is 18.2 Å². The molecule has 5 nitrogen and oxygen atoms in total. The van der Waals surface area contributed by atoms with Crippen molar-refractivity contribution >= 4 is 11.6 Å². The summed E-state index contributed by atoms with van der Waals surface area (Å²) in [5.41, 5.74) is 2.59. The van der Waals surface area contributed by atoms with Gasteiger partial charge in [0.2, 0.25) is 0 Å². The molecule has 0 aliphatic carbocycles. The van der Waals surface area contributed by atoms with Crippen LogP contribution in [0.1, 0.15) is 51.5 Å². The highest BCUT2D eigenvalue weighted by Crippen LogP contribution is 2.27. The van der Waals surface area contributed by atoms with E-state index in [0.717, 1.165) is 77.1 Å². The number of nitrogens with zero attached hydrogens (tertiary/aromatic N) is 3. The highest BCUT2D eigenvalue weighted by molar-refractivity contribution is 5.77. The van der Waals surface area contributed by atoms with E-state index in [1.807, 2.05) is 9.80 Å². The maximum Gasteiger partial charge on any atom is 0.320 e. The Balaban J connectivity index is 1.29. The van der Waals surface area contributed by atoms with Crippen molar-refractivity contribution in [1.82, 2.24) is 14.7 Å². The van der Waals surface area contributed by atoms with Crippen LogP contribution in [0.25, 0.3) is 5.57 Å². The van der Waals surface area contributed by atoms with Gasteiger partial charge in [-0.2, -0.15) is 0 Å². The van der Waals surface area contributed by atoms with E-state index in [0.29, 0.717) is 12.1 Å². The van der Waals surface area contributed by atoms with Crippen LogP contribution in [0.4, 0.5) is 4.79 Å². The summed E-state index contributed by atoms with van der Waals surface area (Å²) in [5, 5.41) is 0. The summed E-state index contributed by atoms with van der Waals surface area (Å²) in [7, 11) is 0. The molecule has 2 amide bonds. The summed E-state index contributed by atoms with van der Waals surface area (Å²) < 4.78 is 6.23. The molecule has 0 bridgehead atoms. The Bertz CT molecular complexity index is 714. The number of likely N-dealkylation sites (tertiary alicyclic amines) is 2. The van der Waals surface area contributed by atoms with Crippen molar-refractivity contribution in [2.24, 2.45) is 0 Å². The summed E-state index contributed by atoms with van der Waals surface area (Å²) in [6.45, 7) is 10.2. The van der Waals surface area contributed by atoms with Crippen LogP contribution < -0.4 is 4.74 Å². The van der Waals surface area contributed by atoms with Gasteiger partial charge >= 0.3 is 6.03 Å². The summed E-state index contributed by atoms with van der Waals surface area (Å²) in [4.78, 5) is 19.0. The molecule has 3 aliphatic heterocycles. The molecule has 1 aromatic carbocycles. The van der Waals surface area contributed by atoms with E-state index in [1.54, 1.807) is 0 Å². The number of hydrogen-bond acceptors (Lipinski definition) is 3. The summed E-state index contributed by atoms with van der Waals surface area (Å²) in [6.07, 6.45) is 7.97. The molecule has 3 heterocycles. The van der Waals surface area contributed by atoms with Gasteiger partial charge in [0.15, 0.2) is 0 Å². The lowest BCUT2D eigenvalue weighted by Crippen LogP contribution is -2.43. The largest absolute Gasteiger partial charge is 0.490 e. The third-order valence-corrected chi connectivity index (χ3v) is 6.59. The highest BCUT2D eigenvalue weighted by atomic mass is 16.5. The van der Waals surface area contributed by atoms with E-state index < -0.39 is 0 Å². The minimum absolute atomic E-state index is 0.213. The number of rotatable bonds is 4. The third kappa shape index (κ3) is 4.95. The Labute approximate surface area is 175 Å². The predicted molar refractivity (Wildman–Crippen MR) is 117 cm³/mol. The van der Waals surface area contributed by atoms with Gasteiger partial charge in [-0.25, -0.2) is 4.79 Å². The topological polar surface area (TPSA) is 36.0 Å². The molecule has 2 fully saturated rings. The van der Waals surface area contributed by atoms with Crippen LogP contribution in [0.3, 0.4) is 0 Å². The van der Waals surface area contributed by atoms with E-state index >= 15 is 0 Å². The van der Waals surface area contributed by atoms with Gasteiger partial charge < -0.3 is 19.4 Å². The van der Waals surface area contributed by atoms with E-state index in [4.69, 9.17) is 4.74 Å². The SMILES string of the molecule is CC(C)N1CCC(Oc2ccc(C3=CCN(C(=O)N4CCCC4)CC3)cc2)CC1. The van der Waals surface area contributed by atoms with Crippen molar-refractivity contribution in [2.75, 3.05) is 39.3 Å². The second-order valence-electron chi connectivity index (χ2n) is 8.87. The summed E-state index contributed by atoms with van der Waals surface area (Å²) in [5.74, 6) is 0.971. The number of carbonyl (C=O) groups is 1. The lowest BCUT2D eigenvalue weighted by molar-refractivity contribution is 0.0843. The van der Waals surface area contributed by atoms with Crippen LogP contribution in [0.2, 0.25) is 0 Å². The fourth-order valence-electron chi connectivity index (χ4n) is 4.66. The zero-order valence-corrected chi connectivity index (χ0v) is 18.0. The molecule has 0 spiro atoms. The number of benzene rings is 1. The second-order valence-corrected chi connectivity index (χ2v) is 8.87. The normalized spacial score (nSPS) is 21.6. The van der Waals surface area contributed by atoms with Crippen LogP contribution >= 0.6 is 0 Å². The van der Waals surface area contributed by atoms with Gasteiger partial charge in [0.25, 0.3) is 0 Å². The van der Waals surface area contributed by atoms with Crippen LogP contribution in [-0.2, 0) is 0 Å². The molecule has 0 unspecified atom stereocenters. The number of urea groups is 1. The molecule has 5 heteroatoms. The molecule has 1 aromatic rings. The quantitative estimate of drug-likeness (QED) is 0.762. The molecule has 0 atom stereocenters. The van der Waals surface area contributed by atoms with Crippen molar-refractivity contribution in [3.63, 3.8) is 0 Å². The molecule has 0 radical (unpaired) electrons. The van der Waals surface area contributed by atoms with Gasteiger partial charge in [0, 0.05) is 45.3 Å². The number of amides is 2. The van der Waals surface area contributed by atoms with Crippen molar-refractivity contribution < 1.29 is 9.53 Å². The first-order valence-electron chi connectivity index (χ1n) is 11.3. The van der Waals surface area contributed by atoms with Gasteiger partial charge in [-0.15, -0.1) is 0 Å². The van der Waals surface area contributed by atoms with E-state index in [1.165, 1.54) is 11.1 Å². The minimum Gasteiger partial charge on any atom is -0.490 e. The van der Waals surface area contributed by atoms with E-state index in [2.05, 4.69) is 49.1 Å². The first-order valence-corrected chi connectivity index (χ1v) is 11.3. The molecule has 3 aliphatic rings. The monoisotopic (exact) mass is 397 g/mol. The average molecular weight is 398 g/mol. The van der Waals surface area contributed by atoms with Gasteiger partial charge in [0.05, 0.1) is 0 Å². The number of carbonyl (C=O) groups excluding carboxylic acids is 1. The molecule has 0 N–H and O–H groups in total. The van der Waals surface area contributed by atoms with Crippen LogP contribution in [0.5, 0.6) is 5.75 Å². The Morgan fingerprint density at radius 3 is 2.24 bits per heavy atom. The summed E-state index contributed by atoms with van der Waals surface area (Å²) >= 11 is 0. The van der Waals surface area contributed by atoms with Gasteiger partial charge in [-0.05, 0) is 69.2 Å². The first kappa shape index (κ1) is 20.3. The molecule has 0 saturated carbocycles. The standard InChI is InChI=1S/C24H35N3O2/c1-19(2)25-17-11-23(12-18-25)29-22-7-5-20(6-8-22)21-9-15-27(16-10-21)24(28)26-13-3-4-14-26/h5-9,19,23H,3-4,10-18H2,1-2H3. The van der Waals surface area contributed by atoms with Crippen molar-refractivity contribution in [2.45, 2.75) is 58.1 Å². The lowest BCUT2D eigenvalue weighted by atomic mass is 9.99. The number of hydrogen-bond donors (Lipinski definition) is 0. The summed E-state index contributed by atoms with van der Waals surface area (Å²) in [6, 6.07) is 9.38. The first-order chi connectivity index (χ1) is 14.1. The Kier molecular flexibility index (Phi) is 6.43. The minimum atomic E-state index is 0.213. The fourth-order valence-corrected chi connectivity index (χ4v) is 4.66. The van der Waals surface area contributed by atoms with E-state index in [-0.39, 0.29) is 6.03 Å². The molecule has 158 valence electrons. The maximum absolute atomic E-state index is 12.5. The zero-order valence-electron chi connectivity index (χ0n) is 18.0. The Morgan fingerprint density at radius 1 is 0.966 bits per heavy atom. The van der Waals surface area contributed by atoms with Gasteiger partial charge in [-0.3, -0.25) is 0 Å². The molecular weight excluding hydrogens is 362 g/mol. The van der Waals surface area contributed by atoms with E-state index in [9.17, 15) is 4.79 Å².